The first kappa shape index (κ1) is 20.1. The lowest BCUT2D eigenvalue weighted by Crippen LogP contribution is -2.33. The van der Waals surface area contributed by atoms with Crippen LogP contribution in [0, 0.1) is 0 Å². The lowest BCUT2D eigenvalue weighted by atomic mass is 10.1. The molecule has 0 saturated heterocycles. The first-order valence-corrected chi connectivity index (χ1v) is 9.41. The van der Waals surface area contributed by atoms with Crippen molar-refractivity contribution in [3.05, 3.63) is 58.1 Å². The van der Waals surface area contributed by atoms with Crippen molar-refractivity contribution < 1.29 is 9.47 Å². The number of ether oxygens (including phenoxy) is 2. The second-order valence-corrected chi connectivity index (χ2v) is 6.78. The van der Waals surface area contributed by atoms with Gasteiger partial charge in [-0.05, 0) is 54.7 Å². The highest BCUT2D eigenvalue weighted by molar-refractivity contribution is 9.10. The van der Waals surface area contributed by atoms with Crippen molar-refractivity contribution in [3.8, 4) is 11.5 Å². The fraction of sp³-hybridized carbons (Fsp3) is 0.350. The summed E-state index contributed by atoms with van der Waals surface area (Å²) in [5.74, 6) is 1.95. The number of nitrogens with two attached hydrogens (primary N) is 1. The predicted octanol–water partition coefficient (Wildman–Crippen LogP) is 3.55. The van der Waals surface area contributed by atoms with E-state index in [9.17, 15) is 0 Å². The molecule has 0 fully saturated rings. The number of nitrogens with zero attached hydrogens (tertiary/aromatic N) is 1. The van der Waals surface area contributed by atoms with Crippen molar-refractivity contribution in [2.24, 2.45) is 10.7 Å². The van der Waals surface area contributed by atoms with E-state index in [2.05, 4.69) is 38.4 Å². The van der Waals surface area contributed by atoms with Gasteiger partial charge in [-0.1, -0.05) is 34.1 Å². The molecule has 0 amide bonds. The van der Waals surface area contributed by atoms with E-state index in [1.807, 2.05) is 30.3 Å². The second kappa shape index (κ2) is 10.7. The van der Waals surface area contributed by atoms with Gasteiger partial charge in [-0.3, -0.25) is 4.99 Å². The van der Waals surface area contributed by atoms with Gasteiger partial charge in [-0.15, -0.1) is 0 Å². The third-order valence-electron chi connectivity index (χ3n) is 3.96. The summed E-state index contributed by atoms with van der Waals surface area (Å²) in [6, 6.07) is 14.2. The Bertz CT molecular complexity index is 735. The van der Waals surface area contributed by atoms with Gasteiger partial charge >= 0.3 is 0 Å². The van der Waals surface area contributed by atoms with Crippen LogP contribution < -0.4 is 20.5 Å². The van der Waals surface area contributed by atoms with Crippen LogP contribution in [0.3, 0.4) is 0 Å². The zero-order valence-electron chi connectivity index (χ0n) is 15.3. The fourth-order valence-electron chi connectivity index (χ4n) is 2.60. The molecule has 0 unspecified atom stereocenters. The highest BCUT2D eigenvalue weighted by Gasteiger charge is 2.04. The number of rotatable bonds is 9. The summed E-state index contributed by atoms with van der Waals surface area (Å²) in [6.45, 7) is 1.43. The van der Waals surface area contributed by atoms with Crippen LogP contribution in [0.15, 0.2) is 51.9 Å². The van der Waals surface area contributed by atoms with Crippen molar-refractivity contribution >= 4 is 21.9 Å². The summed E-state index contributed by atoms with van der Waals surface area (Å²) < 4.78 is 11.7. The van der Waals surface area contributed by atoms with Crippen molar-refractivity contribution in [1.82, 2.24) is 5.32 Å². The molecule has 0 aromatic heterocycles. The minimum Gasteiger partial charge on any atom is -0.493 e. The molecular weight excluding hydrogens is 394 g/mol. The van der Waals surface area contributed by atoms with Crippen molar-refractivity contribution in [3.63, 3.8) is 0 Å². The maximum Gasteiger partial charge on any atom is 0.188 e. The van der Waals surface area contributed by atoms with Crippen LogP contribution in [0.4, 0.5) is 0 Å². The number of benzene rings is 2. The van der Waals surface area contributed by atoms with E-state index >= 15 is 0 Å². The molecule has 0 saturated carbocycles. The summed E-state index contributed by atoms with van der Waals surface area (Å²) >= 11 is 3.49. The average Bonchev–Trinajstić information content (AvgIpc) is 2.65. The normalized spacial score (nSPS) is 11.3. The number of nitrogens with one attached hydrogen (secondary N) is 1. The third kappa shape index (κ3) is 6.59. The van der Waals surface area contributed by atoms with E-state index in [-0.39, 0.29) is 0 Å². The van der Waals surface area contributed by atoms with Gasteiger partial charge in [0.2, 0.25) is 0 Å². The first-order chi connectivity index (χ1) is 12.6. The summed E-state index contributed by atoms with van der Waals surface area (Å²) in [5.41, 5.74) is 8.38. The van der Waals surface area contributed by atoms with Crippen LogP contribution in [0.2, 0.25) is 0 Å². The zero-order chi connectivity index (χ0) is 18.8. The van der Waals surface area contributed by atoms with Crippen molar-refractivity contribution in [1.29, 1.82) is 0 Å². The second-order valence-electron chi connectivity index (χ2n) is 5.87. The number of aliphatic imine (C=N–C) groups is 1. The highest BCUT2D eigenvalue weighted by atomic mass is 79.9. The molecule has 6 heteroatoms. The van der Waals surface area contributed by atoms with E-state index in [4.69, 9.17) is 15.2 Å². The number of guanidine groups is 1. The molecule has 26 heavy (non-hydrogen) atoms. The largest absolute Gasteiger partial charge is 0.493 e. The fourth-order valence-corrected chi connectivity index (χ4v) is 3.05. The molecule has 0 atom stereocenters. The van der Waals surface area contributed by atoms with Crippen LogP contribution in [0.5, 0.6) is 11.5 Å². The molecule has 2 rings (SSSR count). The minimum absolute atomic E-state index is 0.486. The van der Waals surface area contributed by atoms with E-state index < -0.39 is 0 Å². The molecule has 0 aliphatic heterocycles. The van der Waals surface area contributed by atoms with Crippen LogP contribution in [0.1, 0.15) is 17.5 Å². The van der Waals surface area contributed by atoms with Crippen LogP contribution in [-0.4, -0.2) is 33.3 Å². The standard InChI is InChI=1S/C20H26BrN3O2/c1-25-18-9-8-16(14-19(18)26-2)10-12-24-20(22)23-11-4-6-15-5-3-7-17(21)13-15/h3,5,7-9,13-14H,4,6,10-12H2,1-2H3,(H3,22,23,24). The summed E-state index contributed by atoms with van der Waals surface area (Å²) in [4.78, 5) is 4.38. The Morgan fingerprint density at radius 2 is 1.81 bits per heavy atom. The van der Waals surface area contributed by atoms with Crippen LogP contribution >= 0.6 is 15.9 Å². The summed E-state index contributed by atoms with van der Waals surface area (Å²) in [6.07, 6.45) is 2.78. The SMILES string of the molecule is COc1ccc(CCNC(N)=NCCCc2cccc(Br)c2)cc1OC. The minimum atomic E-state index is 0.486. The summed E-state index contributed by atoms with van der Waals surface area (Å²) in [5, 5.41) is 3.15. The van der Waals surface area contributed by atoms with Gasteiger partial charge < -0.3 is 20.5 Å². The molecule has 0 aliphatic carbocycles. The van der Waals surface area contributed by atoms with Gasteiger partial charge in [0.25, 0.3) is 0 Å². The summed E-state index contributed by atoms with van der Waals surface area (Å²) in [7, 11) is 3.27. The van der Waals surface area contributed by atoms with Crippen LogP contribution in [-0.2, 0) is 12.8 Å². The number of hydrogen-bond acceptors (Lipinski definition) is 3. The molecule has 0 bridgehead atoms. The Kier molecular flexibility index (Phi) is 8.28. The van der Waals surface area contributed by atoms with Gasteiger partial charge in [0, 0.05) is 17.6 Å². The molecule has 0 heterocycles. The van der Waals surface area contributed by atoms with E-state index in [1.165, 1.54) is 5.56 Å². The first-order valence-electron chi connectivity index (χ1n) is 8.61. The number of aryl methyl sites for hydroxylation is 1. The maximum atomic E-state index is 5.93. The molecule has 2 aromatic carbocycles. The van der Waals surface area contributed by atoms with Gasteiger partial charge in [-0.2, -0.15) is 0 Å². The molecular formula is C20H26BrN3O2. The average molecular weight is 420 g/mol. The zero-order valence-corrected chi connectivity index (χ0v) is 16.9. The molecule has 0 radical (unpaired) electrons. The maximum absolute atomic E-state index is 5.93. The van der Waals surface area contributed by atoms with Crippen molar-refractivity contribution in [2.75, 3.05) is 27.3 Å². The topological polar surface area (TPSA) is 68.9 Å². The van der Waals surface area contributed by atoms with E-state index in [1.54, 1.807) is 14.2 Å². The lowest BCUT2D eigenvalue weighted by molar-refractivity contribution is 0.354. The van der Waals surface area contributed by atoms with Crippen LogP contribution in [0.25, 0.3) is 0 Å². The Morgan fingerprint density at radius 1 is 1.04 bits per heavy atom. The van der Waals surface area contributed by atoms with Gasteiger partial charge in [0.15, 0.2) is 17.5 Å². The van der Waals surface area contributed by atoms with E-state index in [0.29, 0.717) is 12.5 Å². The highest BCUT2D eigenvalue weighted by Crippen LogP contribution is 2.27. The number of hydrogen-bond donors (Lipinski definition) is 2. The molecule has 0 spiro atoms. The quantitative estimate of drug-likeness (QED) is 0.370. The van der Waals surface area contributed by atoms with Gasteiger partial charge in [0.1, 0.15) is 0 Å². The Hall–Kier alpha value is -2.21. The van der Waals surface area contributed by atoms with Gasteiger partial charge in [-0.25, -0.2) is 0 Å². The molecule has 0 aliphatic rings. The Morgan fingerprint density at radius 3 is 2.54 bits per heavy atom. The Labute approximate surface area is 163 Å². The Balaban J connectivity index is 1.71. The molecule has 3 N–H and O–H groups in total. The van der Waals surface area contributed by atoms with Gasteiger partial charge in [0.05, 0.1) is 14.2 Å². The molecule has 5 nitrogen and oxygen atoms in total. The number of halogens is 1. The third-order valence-corrected chi connectivity index (χ3v) is 4.46. The van der Waals surface area contributed by atoms with Crippen molar-refractivity contribution in [2.45, 2.75) is 19.3 Å². The molecule has 2 aromatic rings. The monoisotopic (exact) mass is 419 g/mol. The predicted molar refractivity (Wildman–Crippen MR) is 110 cm³/mol. The molecule has 140 valence electrons. The van der Waals surface area contributed by atoms with E-state index in [0.717, 1.165) is 47.3 Å². The smallest absolute Gasteiger partial charge is 0.188 e. The number of methoxy groups -OCH3 is 2. The lowest BCUT2D eigenvalue weighted by Gasteiger charge is -2.10.